The van der Waals surface area contributed by atoms with Gasteiger partial charge >= 0.3 is 0 Å². The van der Waals surface area contributed by atoms with Crippen LogP contribution >= 0.6 is 22.7 Å². The van der Waals surface area contributed by atoms with Gasteiger partial charge < -0.3 is 0 Å². The molecule has 0 aliphatic carbocycles. The first-order valence-corrected chi connectivity index (χ1v) is 8.76. The summed E-state index contributed by atoms with van der Waals surface area (Å²) in [5.41, 5.74) is -0.197. The zero-order valence-electron chi connectivity index (χ0n) is 12.5. The molecule has 1 saturated heterocycles. The lowest BCUT2D eigenvalue weighted by Gasteiger charge is -2.40. The number of rotatable bonds is 1. The first-order valence-electron chi connectivity index (χ1n) is 6.35. The Hall–Kier alpha value is 0.370. The lowest BCUT2D eigenvalue weighted by molar-refractivity contribution is -0.125. The van der Waals surface area contributed by atoms with E-state index in [-0.39, 0.29) is 25.6 Å². The third kappa shape index (κ3) is 3.44. The quantitative estimate of drug-likeness (QED) is 0.721. The van der Waals surface area contributed by atoms with E-state index >= 15 is 0 Å². The monoisotopic (exact) mass is 276 g/mol. The predicted octanol–water partition coefficient (Wildman–Crippen LogP) is 4.25. The maximum absolute atomic E-state index is 12.4. The van der Waals surface area contributed by atoms with Gasteiger partial charge in [-0.3, -0.25) is 4.79 Å². The Morgan fingerprint density at radius 2 is 1.65 bits per heavy atom. The Morgan fingerprint density at radius 1 is 1.18 bits per heavy atom. The van der Waals surface area contributed by atoms with Gasteiger partial charge in [-0.25, -0.2) is 10.9 Å². The summed E-state index contributed by atoms with van der Waals surface area (Å²) in [6.45, 7) is 17.7. The molecule has 3 heteroatoms. The van der Waals surface area contributed by atoms with E-state index < -0.39 is 0 Å². The summed E-state index contributed by atoms with van der Waals surface area (Å²) in [6, 6.07) is 0. The van der Waals surface area contributed by atoms with E-state index in [4.69, 9.17) is 0 Å². The van der Waals surface area contributed by atoms with Crippen LogP contribution < -0.4 is 0 Å². The van der Waals surface area contributed by atoms with Gasteiger partial charge in [0.2, 0.25) is 0 Å². The smallest absolute Gasteiger partial charge is 0.151 e. The van der Waals surface area contributed by atoms with E-state index in [1.165, 1.54) is 0 Å². The van der Waals surface area contributed by atoms with Crippen molar-refractivity contribution in [3.05, 3.63) is 0 Å². The summed E-state index contributed by atoms with van der Waals surface area (Å²) in [6.07, 6.45) is 0. The SMILES string of the molecule is CC(C)(C)C(=O)C1C[SH](C(C)(C)C)C(C)(C)S1. The molecule has 0 N–H and O–H groups in total. The topological polar surface area (TPSA) is 17.1 Å². The molecule has 102 valence electrons. The number of thiol groups is 1. The zero-order valence-corrected chi connectivity index (χ0v) is 14.3. The largest absolute Gasteiger partial charge is 0.298 e. The summed E-state index contributed by atoms with van der Waals surface area (Å²) in [7, 11) is -0.106. The zero-order chi connectivity index (χ0) is 13.6. The van der Waals surface area contributed by atoms with Crippen molar-refractivity contribution >= 4 is 28.4 Å². The average Bonchev–Trinajstić information content (AvgIpc) is 2.37. The van der Waals surface area contributed by atoms with E-state index in [9.17, 15) is 4.79 Å². The molecule has 0 aromatic rings. The van der Waals surface area contributed by atoms with Crippen molar-refractivity contribution in [3.8, 4) is 0 Å². The van der Waals surface area contributed by atoms with Gasteiger partial charge in [0.25, 0.3) is 0 Å². The maximum Gasteiger partial charge on any atom is 0.151 e. The third-order valence-corrected chi connectivity index (χ3v) is 9.39. The molecule has 1 rings (SSSR count). The average molecular weight is 277 g/mol. The Kier molecular flexibility index (Phi) is 4.07. The molecule has 2 unspecified atom stereocenters. The second-order valence-electron chi connectivity index (χ2n) is 7.45. The van der Waals surface area contributed by atoms with Crippen LogP contribution in [0.15, 0.2) is 0 Å². The van der Waals surface area contributed by atoms with Gasteiger partial charge in [-0.05, 0) is 24.3 Å². The highest BCUT2D eigenvalue weighted by Crippen LogP contribution is 2.64. The van der Waals surface area contributed by atoms with Crippen LogP contribution in [-0.2, 0) is 4.79 Å². The highest BCUT2D eigenvalue weighted by atomic mass is 32.2. The van der Waals surface area contributed by atoms with Crippen LogP contribution in [0.25, 0.3) is 0 Å². The predicted molar refractivity (Wildman–Crippen MR) is 83.5 cm³/mol. The second kappa shape index (κ2) is 4.48. The van der Waals surface area contributed by atoms with Crippen molar-refractivity contribution in [1.29, 1.82) is 0 Å². The fourth-order valence-corrected chi connectivity index (χ4v) is 9.47. The van der Waals surface area contributed by atoms with Crippen molar-refractivity contribution < 1.29 is 4.79 Å². The van der Waals surface area contributed by atoms with Crippen LogP contribution in [0.1, 0.15) is 55.4 Å². The number of carbonyl (C=O) groups excluding carboxylic acids is 1. The third-order valence-electron chi connectivity index (χ3n) is 3.27. The molecule has 1 nitrogen and oxygen atoms in total. The highest BCUT2D eigenvalue weighted by Gasteiger charge is 2.47. The number of Topliss-reactive ketones (excluding diaryl/α,β-unsaturated/α-hetero) is 1. The molecule has 1 fully saturated rings. The Bertz CT molecular complexity index is 307. The highest BCUT2D eigenvalue weighted by molar-refractivity contribution is 8.32. The van der Waals surface area contributed by atoms with Crippen LogP contribution in [0.5, 0.6) is 0 Å². The van der Waals surface area contributed by atoms with Gasteiger partial charge in [0.15, 0.2) is 5.78 Å². The first-order chi connectivity index (χ1) is 7.36. The van der Waals surface area contributed by atoms with Crippen LogP contribution in [0.4, 0.5) is 0 Å². The molecule has 1 aliphatic rings. The molecule has 0 saturated carbocycles. The fourth-order valence-electron chi connectivity index (χ4n) is 2.54. The minimum atomic E-state index is -0.197. The minimum absolute atomic E-state index is 0.106. The van der Waals surface area contributed by atoms with Crippen molar-refractivity contribution in [3.63, 3.8) is 0 Å². The van der Waals surface area contributed by atoms with E-state index in [2.05, 4.69) is 34.6 Å². The van der Waals surface area contributed by atoms with Gasteiger partial charge in [-0.2, -0.15) is 0 Å². The summed E-state index contributed by atoms with van der Waals surface area (Å²) in [4.78, 5) is 12.4. The molecule has 1 heterocycles. The number of thioether (sulfide) groups is 1. The Balaban J connectivity index is 2.90. The van der Waals surface area contributed by atoms with Crippen molar-refractivity contribution in [2.24, 2.45) is 5.41 Å². The van der Waals surface area contributed by atoms with Crippen LogP contribution in [0.3, 0.4) is 0 Å². The van der Waals surface area contributed by atoms with Gasteiger partial charge in [0, 0.05) is 9.49 Å². The van der Waals surface area contributed by atoms with E-state index in [0.717, 1.165) is 5.75 Å². The lowest BCUT2D eigenvalue weighted by atomic mass is 9.89. The molecule has 0 radical (unpaired) electrons. The number of hydrogen-bond acceptors (Lipinski definition) is 2. The summed E-state index contributed by atoms with van der Waals surface area (Å²) >= 11 is 1.92. The molecule has 0 amide bonds. The second-order valence-corrected chi connectivity index (χ2v) is 13.3. The molecule has 0 bridgehead atoms. The summed E-state index contributed by atoms with van der Waals surface area (Å²) in [5, 5.41) is 0.218. The summed E-state index contributed by atoms with van der Waals surface area (Å²) < 4.78 is 0.623. The maximum atomic E-state index is 12.4. The van der Waals surface area contributed by atoms with Crippen LogP contribution in [-0.4, -0.2) is 25.6 Å². The first kappa shape index (κ1) is 15.4. The fraction of sp³-hybridized carbons (Fsp3) is 0.929. The van der Waals surface area contributed by atoms with Crippen molar-refractivity contribution in [1.82, 2.24) is 0 Å². The molecular weight excluding hydrogens is 248 g/mol. The molecule has 0 aromatic heterocycles. The van der Waals surface area contributed by atoms with Crippen LogP contribution in [0.2, 0.25) is 0 Å². The van der Waals surface area contributed by atoms with Crippen molar-refractivity contribution in [2.75, 3.05) is 5.75 Å². The molecule has 17 heavy (non-hydrogen) atoms. The molecule has 0 aromatic carbocycles. The molecule has 1 aliphatic heterocycles. The van der Waals surface area contributed by atoms with Gasteiger partial charge in [0.05, 0.1) is 5.25 Å². The summed E-state index contributed by atoms with van der Waals surface area (Å²) in [5.74, 6) is 1.54. The molecular formula is C14H28OS2. The Morgan fingerprint density at radius 3 is 1.94 bits per heavy atom. The van der Waals surface area contributed by atoms with Crippen molar-refractivity contribution in [2.45, 2.75) is 69.5 Å². The standard InChI is InChI=1S/C14H28OS2/c1-12(2,3)11(15)10-9-17(13(4,5)6)14(7,8)16-10/h10,17H,9H2,1-8H3. The van der Waals surface area contributed by atoms with E-state index in [1.54, 1.807) is 0 Å². The normalized spacial score (nSPS) is 31.5. The minimum Gasteiger partial charge on any atom is -0.298 e. The van der Waals surface area contributed by atoms with Gasteiger partial charge in [-0.15, -0.1) is 11.8 Å². The van der Waals surface area contributed by atoms with E-state index in [1.807, 2.05) is 32.5 Å². The molecule has 0 spiro atoms. The number of ketones is 1. The van der Waals surface area contributed by atoms with Crippen LogP contribution in [0, 0.1) is 5.41 Å². The van der Waals surface area contributed by atoms with Gasteiger partial charge in [0.1, 0.15) is 0 Å². The number of hydrogen-bond donors (Lipinski definition) is 1. The van der Waals surface area contributed by atoms with E-state index in [0.29, 0.717) is 10.5 Å². The van der Waals surface area contributed by atoms with Gasteiger partial charge in [-0.1, -0.05) is 41.5 Å². The Labute approximate surface area is 114 Å². The number of carbonyl (C=O) groups is 1. The lowest BCUT2D eigenvalue weighted by Crippen LogP contribution is -2.31. The molecule has 2 atom stereocenters.